The predicted molar refractivity (Wildman–Crippen MR) is 161 cm³/mol. The second-order valence-electron chi connectivity index (χ2n) is 9.62. The number of anilines is 1. The molecule has 0 aliphatic heterocycles. The summed E-state index contributed by atoms with van der Waals surface area (Å²) in [5, 5.41) is 3.75. The van der Waals surface area contributed by atoms with Crippen molar-refractivity contribution in [2.24, 2.45) is 0 Å². The molecule has 0 saturated carbocycles. The van der Waals surface area contributed by atoms with Gasteiger partial charge in [0.25, 0.3) is 10.0 Å². The molecule has 0 aliphatic rings. The lowest BCUT2D eigenvalue weighted by Gasteiger charge is -2.33. The van der Waals surface area contributed by atoms with Crippen molar-refractivity contribution in [3.05, 3.63) is 93.5 Å². The van der Waals surface area contributed by atoms with E-state index in [0.717, 1.165) is 21.9 Å². The molecule has 3 aromatic carbocycles. The highest BCUT2D eigenvalue weighted by atomic mass is 35.5. The number of sulfonamides is 1. The van der Waals surface area contributed by atoms with Crippen LogP contribution in [0.3, 0.4) is 0 Å². The van der Waals surface area contributed by atoms with Crippen LogP contribution >= 0.6 is 23.2 Å². The van der Waals surface area contributed by atoms with Crippen LogP contribution in [0, 0.1) is 13.8 Å². The third kappa shape index (κ3) is 7.77. The van der Waals surface area contributed by atoms with Crippen LogP contribution in [0.15, 0.2) is 71.6 Å². The number of hydrogen-bond donors (Lipinski definition) is 1. The molecule has 1 atom stereocenters. The van der Waals surface area contributed by atoms with E-state index in [2.05, 4.69) is 5.32 Å². The Morgan fingerprint density at radius 3 is 2.12 bits per heavy atom. The van der Waals surface area contributed by atoms with E-state index < -0.39 is 28.5 Å². The first-order valence-electron chi connectivity index (χ1n) is 13.1. The first-order valence-corrected chi connectivity index (χ1v) is 15.3. The van der Waals surface area contributed by atoms with Gasteiger partial charge in [-0.25, -0.2) is 8.42 Å². The van der Waals surface area contributed by atoms with Crippen molar-refractivity contribution >= 4 is 50.7 Å². The van der Waals surface area contributed by atoms with E-state index >= 15 is 0 Å². The number of nitrogens with one attached hydrogen (secondary N) is 1. The van der Waals surface area contributed by atoms with Gasteiger partial charge in [-0.15, -0.1) is 0 Å². The lowest BCUT2D eigenvalue weighted by molar-refractivity contribution is -0.140. The molecule has 3 rings (SSSR count). The monoisotopic (exact) mass is 603 g/mol. The zero-order valence-corrected chi connectivity index (χ0v) is 25.5. The normalized spacial score (nSPS) is 12.1. The first kappa shape index (κ1) is 31.5. The van der Waals surface area contributed by atoms with Gasteiger partial charge in [-0.3, -0.25) is 13.9 Å². The average Bonchev–Trinajstić information content (AvgIpc) is 2.93. The van der Waals surface area contributed by atoms with Crippen LogP contribution in [-0.2, 0) is 26.2 Å². The van der Waals surface area contributed by atoms with Crippen molar-refractivity contribution < 1.29 is 18.0 Å². The van der Waals surface area contributed by atoms with Crippen molar-refractivity contribution in [3.8, 4) is 0 Å². The molecular formula is C30H35Cl2N3O4S. The van der Waals surface area contributed by atoms with Crippen LogP contribution < -0.4 is 9.62 Å². The molecule has 2 amide bonds. The Labute approximate surface area is 247 Å². The summed E-state index contributed by atoms with van der Waals surface area (Å²) < 4.78 is 29.1. The molecule has 0 aliphatic carbocycles. The van der Waals surface area contributed by atoms with E-state index in [4.69, 9.17) is 23.2 Å². The third-order valence-corrected chi connectivity index (χ3v) is 8.79. The quantitative estimate of drug-likeness (QED) is 0.269. The smallest absolute Gasteiger partial charge is 0.264 e. The van der Waals surface area contributed by atoms with Crippen LogP contribution in [0.5, 0.6) is 0 Å². The number of rotatable bonds is 12. The second kappa shape index (κ2) is 14.0. The molecule has 1 N–H and O–H groups in total. The maximum absolute atomic E-state index is 14.1. The average molecular weight is 605 g/mol. The zero-order chi connectivity index (χ0) is 29.4. The highest BCUT2D eigenvalue weighted by Crippen LogP contribution is 2.30. The molecule has 0 fully saturated rings. The van der Waals surface area contributed by atoms with Crippen molar-refractivity contribution in [2.45, 2.75) is 58.0 Å². The minimum absolute atomic E-state index is 0.0438. The standard InChI is InChI=1S/C30H35Cl2N3O4S/c1-5-17-33-30(37)27(6-2)34(19-23-10-13-24(31)14-11-23)29(36)20-35(28-18-25(32)12-9-22(28)4)40(38,39)26-15-7-21(3)8-16-26/h7-16,18,27H,5-6,17,19-20H2,1-4H3,(H,33,37). The van der Waals surface area contributed by atoms with Gasteiger partial charge < -0.3 is 10.2 Å². The van der Waals surface area contributed by atoms with Crippen molar-refractivity contribution in [3.63, 3.8) is 0 Å². The van der Waals surface area contributed by atoms with Crippen molar-refractivity contribution in [1.29, 1.82) is 0 Å². The van der Waals surface area contributed by atoms with Crippen LogP contribution in [-0.4, -0.2) is 44.3 Å². The van der Waals surface area contributed by atoms with Crippen LogP contribution in [0.4, 0.5) is 5.69 Å². The van der Waals surface area contributed by atoms with E-state index in [1.165, 1.54) is 23.1 Å². The van der Waals surface area contributed by atoms with Crippen molar-refractivity contribution in [1.82, 2.24) is 10.2 Å². The fraction of sp³-hybridized carbons (Fsp3) is 0.333. The third-order valence-electron chi connectivity index (χ3n) is 6.53. The minimum Gasteiger partial charge on any atom is -0.354 e. The lowest BCUT2D eigenvalue weighted by atomic mass is 10.1. The molecule has 0 heterocycles. The summed E-state index contributed by atoms with van der Waals surface area (Å²) in [6.07, 6.45) is 1.08. The lowest BCUT2D eigenvalue weighted by Crippen LogP contribution is -2.52. The summed E-state index contributed by atoms with van der Waals surface area (Å²) in [5.74, 6) is -0.818. The molecule has 0 saturated heterocycles. The summed E-state index contributed by atoms with van der Waals surface area (Å²) in [5.41, 5.74) is 2.58. The van der Waals surface area contributed by atoms with Gasteiger partial charge in [0.2, 0.25) is 11.8 Å². The Kier molecular flexibility index (Phi) is 11.0. The van der Waals surface area contributed by atoms with E-state index in [-0.39, 0.29) is 23.0 Å². The van der Waals surface area contributed by atoms with Gasteiger partial charge in [0, 0.05) is 23.1 Å². The summed E-state index contributed by atoms with van der Waals surface area (Å²) in [6.45, 7) is 7.42. The Morgan fingerprint density at radius 1 is 0.900 bits per heavy atom. The maximum Gasteiger partial charge on any atom is 0.264 e. The number of amides is 2. The molecule has 0 bridgehead atoms. The van der Waals surface area contributed by atoms with E-state index in [1.54, 1.807) is 55.5 Å². The maximum atomic E-state index is 14.1. The Hall–Kier alpha value is -3.07. The second-order valence-corrected chi connectivity index (χ2v) is 12.4. The molecular weight excluding hydrogens is 569 g/mol. The Bertz CT molecular complexity index is 1430. The topological polar surface area (TPSA) is 86.8 Å². The van der Waals surface area contributed by atoms with Crippen LogP contribution in [0.1, 0.15) is 43.4 Å². The number of carbonyl (C=O) groups excluding carboxylic acids is 2. The SMILES string of the molecule is CCCNC(=O)C(CC)N(Cc1ccc(Cl)cc1)C(=O)CN(c1cc(Cl)ccc1C)S(=O)(=O)c1ccc(C)cc1. The summed E-state index contributed by atoms with van der Waals surface area (Å²) >= 11 is 12.3. The molecule has 3 aromatic rings. The molecule has 0 spiro atoms. The van der Waals surface area contributed by atoms with Gasteiger partial charge in [-0.1, -0.05) is 72.9 Å². The molecule has 0 radical (unpaired) electrons. The number of benzene rings is 3. The fourth-order valence-corrected chi connectivity index (χ4v) is 6.04. The number of aryl methyl sites for hydroxylation is 2. The van der Waals surface area contributed by atoms with Gasteiger partial charge in [-0.05, 0) is 74.2 Å². The van der Waals surface area contributed by atoms with Gasteiger partial charge in [0.15, 0.2) is 0 Å². The minimum atomic E-state index is -4.17. The number of hydrogen-bond acceptors (Lipinski definition) is 4. The van der Waals surface area contributed by atoms with E-state index in [1.807, 2.05) is 20.8 Å². The fourth-order valence-electron chi connectivity index (χ4n) is 4.27. The molecule has 10 heteroatoms. The van der Waals surface area contributed by atoms with Gasteiger partial charge in [0.1, 0.15) is 12.6 Å². The largest absolute Gasteiger partial charge is 0.354 e. The molecule has 1 unspecified atom stereocenters. The molecule has 0 aromatic heterocycles. The van der Waals surface area contributed by atoms with Crippen molar-refractivity contribution in [2.75, 3.05) is 17.4 Å². The molecule has 214 valence electrons. The molecule has 7 nitrogen and oxygen atoms in total. The van der Waals surface area contributed by atoms with Gasteiger partial charge in [-0.2, -0.15) is 0 Å². The number of halogens is 2. The summed E-state index contributed by atoms with van der Waals surface area (Å²) in [7, 11) is -4.17. The number of nitrogens with zero attached hydrogens (tertiary/aromatic N) is 2. The first-order chi connectivity index (χ1) is 19.0. The Balaban J connectivity index is 2.09. The highest BCUT2D eigenvalue weighted by Gasteiger charge is 2.34. The van der Waals surface area contributed by atoms with Crippen LogP contribution in [0.25, 0.3) is 0 Å². The Morgan fingerprint density at radius 2 is 1.52 bits per heavy atom. The van der Waals surface area contributed by atoms with Gasteiger partial charge in [0.05, 0.1) is 10.6 Å². The highest BCUT2D eigenvalue weighted by molar-refractivity contribution is 7.92. The number of carbonyl (C=O) groups is 2. The summed E-state index contributed by atoms with van der Waals surface area (Å²) in [6, 6.07) is 17.5. The zero-order valence-electron chi connectivity index (χ0n) is 23.2. The van der Waals surface area contributed by atoms with E-state index in [0.29, 0.717) is 28.6 Å². The van der Waals surface area contributed by atoms with E-state index in [9.17, 15) is 18.0 Å². The molecule has 40 heavy (non-hydrogen) atoms. The summed E-state index contributed by atoms with van der Waals surface area (Å²) in [4.78, 5) is 28.7. The predicted octanol–water partition coefficient (Wildman–Crippen LogP) is 6.14. The van der Waals surface area contributed by atoms with Gasteiger partial charge >= 0.3 is 0 Å². The van der Waals surface area contributed by atoms with Crippen LogP contribution in [0.2, 0.25) is 10.0 Å².